The van der Waals surface area contributed by atoms with Gasteiger partial charge in [-0.05, 0) is 12.3 Å². The summed E-state index contributed by atoms with van der Waals surface area (Å²) in [5, 5.41) is 0. The lowest BCUT2D eigenvalue weighted by molar-refractivity contribution is -0.154. The van der Waals surface area contributed by atoms with Crippen LogP contribution in [0.1, 0.15) is 34.1 Å². The van der Waals surface area contributed by atoms with E-state index in [1.165, 1.54) is 0 Å². The molecule has 0 radical (unpaired) electrons. The highest BCUT2D eigenvalue weighted by Crippen LogP contribution is 2.41. The Kier molecular flexibility index (Phi) is 3.19. The molecule has 1 rings (SSSR count). The number of carbonyl (C=O) groups excluding carboxylic acids is 2. The third kappa shape index (κ3) is 2.04. The minimum absolute atomic E-state index is 0.248. The molecule has 0 spiro atoms. The number of rotatable bonds is 3. The molecule has 0 aromatic heterocycles. The third-order valence-electron chi connectivity index (χ3n) is 3.41. The van der Waals surface area contributed by atoms with E-state index in [4.69, 9.17) is 5.73 Å². The van der Waals surface area contributed by atoms with Crippen molar-refractivity contribution >= 4 is 11.9 Å². The van der Waals surface area contributed by atoms with Crippen LogP contribution in [0, 0.1) is 17.3 Å². The molecule has 0 bridgehead atoms. The van der Waals surface area contributed by atoms with Crippen molar-refractivity contribution in [2.45, 2.75) is 40.2 Å². The lowest BCUT2D eigenvalue weighted by Crippen LogP contribution is -2.41. The average molecular weight is 213 g/mol. The number of hydrogen-bond donors (Lipinski definition) is 1. The van der Waals surface area contributed by atoms with Crippen molar-refractivity contribution in [3.63, 3.8) is 0 Å². The molecule has 1 aliphatic heterocycles. The van der Waals surface area contributed by atoms with E-state index < -0.39 is 23.8 Å². The molecule has 86 valence electrons. The summed E-state index contributed by atoms with van der Waals surface area (Å²) in [6, 6.07) is -0.347. The summed E-state index contributed by atoms with van der Waals surface area (Å²) in [4.78, 5) is 23.1. The van der Waals surface area contributed by atoms with Gasteiger partial charge >= 0.3 is 11.9 Å². The van der Waals surface area contributed by atoms with Crippen LogP contribution < -0.4 is 5.73 Å². The van der Waals surface area contributed by atoms with Crippen molar-refractivity contribution in [3.8, 4) is 0 Å². The van der Waals surface area contributed by atoms with Gasteiger partial charge in [-0.1, -0.05) is 27.2 Å². The molecule has 4 nitrogen and oxygen atoms in total. The molecular formula is C11H19NO3. The molecule has 3 atom stereocenters. The quantitative estimate of drug-likeness (QED) is 0.562. The van der Waals surface area contributed by atoms with Crippen LogP contribution in [-0.2, 0) is 14.3 Å². The van der Waals surface area contributed by atoms with Crippen molar-refractivity contribution in [3.05, 3.63) is 0 Å². The SMILES string of the molecule is CCC(C)(C)C1C(=O)OC(=O)C1C(C)N. The minimum atomic E-state index is -0.493. The smallest absolute Gasteiger partial charge is 0.319 e. The second-order valence-electron chi connectivity index (χ2n) is 4.94. The molecule has 0 amide bonds. The zero-order valence-electron chi connectivity index (χ0n) is 9.74. The van der Waals surface area contributed by atoms with Gasteiger partial charge in [-0.3, -0.25) is 9.59 Å². The fourth-order valence-corrected chi connectivity index (χ4v) is 2.06. The van der Waals surface area contributed by atoms with Gasteiger partial charge in [-0.25, -0.2) is 0 Å². The molecule has 4 heteroatoms. The summed E-state index contributed by atoms with van der Waals surface area (Å²) in [5.74, 6) is -1.79. The van der Waals surface area contributed by atoms with Gasteiger partial charge in [0.2, 0.25) is 0 Å². The fourth-order valence-electron chi connectivity index (χ4n) is 2.06. The van der Waals surface area contributed by atoms with Crippen molar-refractivity contribution in [1.82, 2.24) is 0 Å². The first-order valence-corrected chi connectivity index (χ1v) is 5.32. The summed E-state index contributed by atoms with van der Waals surface area (Å²) in [7, 11) is 0. The van der Waals surface area contributed by atoms with Gasteiger partial charge in [-0.15, -0.1) is 0 Å². The largest absolute Gasteiger partial charge is 0.393 e. The highest BCUT2D eigenvalue weighted by molar-refractivity contribution is 5.97. The number of cyclic esters (lactones) is 2. The lowest BCUT2D eigenvalue weighted by atomic mass is 9.69. The van der Waals surface area contributed by atoms with Crippen LogP contribution in [-0.4, -0.2) is 18.0 Å². The van der Waals surface area contributed by atoms with E-state index in [0.29, 0.717) is 0 Å². The van der Waals surface area contributed by atoms with E-state index in [9.17, 15) is 9.59 Å². The van der Waals surface area contributed by atoms with E-state index in [0.717, 1.165) is 6.42 Å². The van der Waals surface area contributed by atoms with E-state index in [1.807, 2.05) is 20.8 Å². The predicted octanol–water partition coefficient (Wildman–Crippen LogP) is 1.09. The topological polar surface area (TPSA) is 69.4 Å². The lowest BCUT2D eigenvalue weighted by Gasteiger charge is -2.31. The first kappa shape index (κ1) is 12.2. The molecule has 0 aromatic rings. The Labute approximate surface area is 90.2 Å². The van der Waals surface area contributed by atoms with E-state index in [-0.39, 0.29) is 11.5 Å². The van der Waals surface area contributed by atoms with Crippen LogP contribution in [0.2, 0.25) is 0 Å². The normalized spacial score (nSPS) is 29.1. The van der Waals surface area contributed by atoms with Crippen LogP contribution in [0.3, 0.4) is 0 Å². The first-order valence-electron chi connectivity index (χ1n) is 5.32. The molecule has 1 fully saturated rings. The second-order valence-corrected chi connectivity index (χ2v) is 4.94. The number of ether oxygens (including phenoxy) is 1. The molecule has 3 unspecified atom stereocenters. The summed E-state index contributed by atoms with van der Waals surface area (Å²) >= 11 is 0. The van der Waals surface area contributed by atoms with Crippen LogP contribution in [0.15, 0.2) is 0 Å². The Morgan fingerprint density at radius 2 is 1.93 bits per heavy atom. The van der Waals surface area contributed by atoms with Gasteiger partial charge in [0.25, 0.3) is 0 Å². The molecule has 0 saturated carbocycles. The molecule has 15 heavy (non-hydrogen) atoms. The van der Waals surface area contributed by atoms with Gasteiger partial charge in [0, 0.05) is 6.04 Å². The molecular weight excluding hydrogens is 194 g/mol. The van der Waals surface area contributed by atoms with E-state index in [2.05, 4.69) is 4.74 Å². The monoisotopic (exact) mass is 213 g/mol. The van der Waals surface area contributed by atoms with Gasteiger partial charge in [0.05, 0.1) is 11.8 Å². The van der Waals surface area contributed by atoms with Gasteiger partial charge in [0.15, 0.2) is 0 Å². The second kappa shape index (κ2) is 3.93. The summed E-state index contributed by atoms with van der Waals surface area (Å²) in [6.45, 7) is 7.66. The van der Waals surface area contributed by atoms with Crippen LogP contribution >= 0.6 is 0 Å². The number of carbonyl (C=O) groups is 2. The molecule has 0 aromatic carbocycles. The summed E-state index contributed by atoms with van der Waals surface area (Å²) < 4.78 is 4.68. The maximum Gasteiger partial charge on any atom is 0.319 e. The van der Waals surface area contributed by atoms with E-state index in [1.54, 1.807) is 6.92 Å². The maximum atomic E-state index is 11.6. The molecule has 2 N–H and O–H groups in total. The zero-order chi connectivity index (χ0) is 11.8. The Morgan fingerprint density at radius 1 is 1.40 bits per heavy atom. The van der Waals surface area contributed by atoms with Gasteiger partial charge in [-0.2, -0.15) is 0 Å². The Morgan fingerprint density at radius 3 is 2.33 bits per heavy atom. The molecule has 1 saturated heterocycles. The summed E-state index contributed by atoms with van der Waals surface area (Å²) in [6.07, 6.45) is 0.809. The van der Waals surface area contributed by atoms with Crippen molar-refractivity contribution in [1.29, 1.82) is 0 Å². The van der Waals surface area contributed by atoms with Crippen molar-refractivity contribution < 1.29 is 14.3 Å². The van der Waals surface area contributed by atoms with Gasteiger partial charge < -0.3 is 10.5 Å². The molecule has 1 aliphatic rings. The highest BCUT2D eigenvalue weighted by Gasteiger charge is 2.52. The highest BCUT2D eigenvalue weighted by atomic mass is 16.6. The standard InChI is InChI=1S/C11H19NO3/c1-5-11(3,4)8-7(6(2)12)9(13)15-10(8)14/h6-8H,5,12H2,1-4H3. The summed E-state index contributed by atoms with van der Waals surface area (Å²) in [5.41, 5.74) is 5.49. The van der Waals surface area contributed by atoms with Crippen molar-refractivity contribution in [2.75, 3.05) is 0 Å². The minimum Gasteiger partial charge on any atom is -0.393 e. The molecule has 0 aliphatic carbocycles. The number of esters is 2. The molecule has 1 heterocycles. The Bertz CT molecular complexity index is 284. The number of hydrogen-bond acceptors (Lipinski definition) is 4. The van der Waals surface area contributed by atoms with Crippen LogP contribution in [0.25, 0.3) is 0 Å². The zero-order valence-corrected chi connectivity index (χ0v) is 9.74. The fraction of sp³-hybridized carbons (Fsp3) is 0.818. The predicted molar refractivity (Wildman–Crippen MR) is 55.8 cm³/mol. The Balaban J connectivity index is 3.03. The Hall–Kier alpha value is -0.900. The van der Waals surface area contributed by atoms with Crippen LogP contribution in [0.5, 0.6) is 0 Å². The van der Waals surface area contributed by atoms with Crippen molar-refractivity contribution in [2.24, 2.45) is 23.0 Å². The maximum absolute atomic E-state index is 11.6. The van der Waals surface area contributed by atoms with Gasteiger partial charge in [0.1, 0.15) is 0 Å². The van der Waals surface area contributed by atoms with Crippen LogP contribution in [0.4, 0.5) is 0 Å². The number of nitrogens with two attached hydrogens (primary N) is 1. The average Bonchev–Trinajstić information content (AvgIpc) is 2.41. The third-order valence-corrected chi connectivity index (χ3v) is 3.41. The first-order chi connectivity index (χ1) is 6.81. The van der Waals surface area contributed by atoms with E-state index >= 15 is 0 Å².